The number of aryl methyl sites for hydroxylation is 4. The first-order chi connectivity index (χ1) is 16.8. The molecule has 35 heavy (non-hydrogen) atoms. The second-order valence-electron chi connectivity index (χ2n) is 8.48. The number of amidine groups is 1. The molecule has 6 nitrogen and oxygen atoms in total. The molecule has 0 spiro atoms. The van der Waals surface area contributed by atoms with Gasteiger partial charge in [0.25, 0.3) is 11.8 Å². The van der Waals surface area contributed by atoms with Gasteiger partial charge < -0.3 is 15.4 Å². The molecule has 1 fully saturated rings. The molecule has 4 rings (SSSR count). The van der Waals surface area contributed by atoms with Crippen molar-refractivity contribution >= 4 is 46.2 Å². The normalized spacial score (nSPS) is 15.4. The number of aliphatic imine (C=N–C) groups is 1. The van der Waals surface area contributed by atoms with E-state index in [4.69, 9.17) is 4.74 Å². The SMILES string of the molecule is Cc1ccc(N=C2NC(=O)C(=Cc3ccc(OCC(=O)Nc4ccc(C)c(C)c4)cc3)S2)c(C)c1. The van der Waals surface area contributed by atoms with Crippen LogP contribution in [0.25, 0.3) is 6.08 Å². The van der Waals surface area contributed by atoms with Gasteiger partial charge in [0.15, 0.2) is 11.8 Å². The fourth-order valence-corrected chi connectivity index (χ4v) is 4.33. The van der Waals surface area contributed by atoms with Crippen molar-refractivity contribution in [3.05, 3.63) is 93.4 Å². The first-order valence-corrected chi connectivity index (χ1v) is 12.1. The number of carbonyl (C=O) groups is 2. The van der Waals surface area contributed by atoms with Crippen molar-refractivity contribution in [3.8, 4) is 5.75 Å². The van der Waals surface area contributed by atoms with Crippen molar-refractivity contribution in [2.75, 3.05) is 11.9 Å². The van der Waals surface area contributed by atoms with E-state index in [0.29, 0.717) is 15.8 Å². The van der Waals surface area contributed by atoms with E-state index in [2.05, 4.69) is 21.7 Å². The van der Waals surface area contributed by atoms with E-state index in [0.717, 1.165) is 28.1 Å². The Morgan fingerprint density at radius 2 is 1.74 bits per heavy atom. The van der Waals surface area contributed by atoms with Crippen molar-refractivity contribution in [1.82, 2.24) is 5.32 Å². The third-order valence-electron chi connectivity index (χ3n) is 5.56. The Balaban J connectivity index is 1.34. The van der Waals surface area contributed by atoms with Crippen molar-refractivity contribution in [2.45, 2.75) is 27.7 Å². The lowest BCUT2D eigenvalue weighted by molar-refractivity contribution is -0.118. The zero-order chi connectivity index (χ0) is 24.9. The van der Waals surface area contributed by atoms with Crippen LogP contribution in [0.2, 0.25) is 0 Å². The Kier molecular flexibility index (Phi) is 7.36. The number of hydrogen-bond acceptors (Lipinski definition) is 5. The minimum absolute atomic E-state index is 0.0934. The molecule has 0 radical (unpaired) electrons. The number of benzene rings is 3. The molecule has 1 aliphatic rings. The average molecular weight is 486 g/mol. The van der Waals surface area contributed by atoms with Crippen molar-refractivity contribution < 1.29 is 14.3 Å². The average Bonchev–Trinajstić information content (AvgIpc) is 3.16. The highest BCUT2D eigenvalue weighted by Gasteiger charge is 2.24. The summed E-state index contributed by atoms with van der Waals surface area (Å²) in [5.41, 5.74) is 6.95. The second kappa shape index (κ2) is 10.6. The number of amides is 2. The number of ether oxygens (including phenoxy) is 1. The summed E-state index contributed by atoms with van der Waals surface area (Å²) in [4.78, 5) is 29.8. The third kappa shape index (κ3) is 6.39. The number of rotatable bonds is 6. The summed E-state index contributed by atoms with van der Waals surface area (Å²) in [6, 6.07) is 19.0. The maximum Gasteiger partial charge on any atom is 0.264 e. The number of nitrogens with zero attached hydrogens (tertiary/aromatic N) is 1. The Hall–Kier alpha value is -3.84. The molecule has 0 unspecified atom stereocenters. The van der Waals surface area contributed by atoms with Gasteiger partial charge in [0.1, 0.15) is 5.75 Å². The van der Waals surface area contributed by atoms with Gasteiger partial charge in [-0.3, -0.25) is 9.59 Å². The summed E-state index contributed by atoms with van der Waals surface area (Å²) in [6.07, 6.45) is 1.81. The fourth-order valence-electron chi connectivity index (χ4n) is 3.50. The molecule has 0 bridgehead atoms. The highest BCUT2D eigenvalue weighted by molar-refractivity contribution is 8.18. The Morgan fingerprint density at radius 1 is 0.971 bits per heavy atom. The minimum atomic E-state index is -0.228. The van der Waals surface area contributed by atoms with E-state index in [1.807, 2.05) is 70.2 Å². The lowest BCUT2D eigenvalue weighted by Gasteiger charge is -2.09. The predicted octanol–water partition coefficient (Wildman–Crippen LogP) is 5.83. The minimum Gasteiger partial charge on any atom is -0.484 e. The molecule has 0 aliphatic carbocycles. The third-order valence-corrected chi connectivity index (χ3v) is 6.47. The van der Waals surface area contributed by atoms with E-state index in [9.17, 15) is 9.59 Å². The molecule has 3 aromatic carbocycles. The molecule has 0 saturated carbocycles. The maximum atomic E-state index is 12.4. The summed E-state index contributed by atoms with van der Waals surface area (Å²) in [6.45, 7) is 7.98. The van der Waals surface area contributed by atoms with Crippen LogP contribution in [0.15, 0.2) is 70.6 Å². The number of anilines is 1. The van der Waals surface area contributed by atoms with Crippen LogP contribution in [-0.4, -0.2) is 23.6 Å². The molecule has 3 aromatic rings. The largest absolute Gasteiger partial charge is 0.484 e. The molecular weight excluding hydrogens is 458 g/mol. The van der Waals surface area contributed by atoms with Crippen LogP contribution in [0.4, 0.5) is 11.4 Å². The molecule has 0 atom stereocenters. The molecule has 178 valence electrons. The highest BCUT2D eigenvalue weighted by atomic mass is 32.2. The molecule has 2 N–H and O–H groups in total. The lowest BCUT2D eigenvalue weighted by atomic mass is 10.1. The smallest absolute Gasteiger partial charge is 0.264 e. The second-order valence-corrected chi connectivity index (χ2v) is 9.51. The summed E-state index contributed by atoms with van der Waals surface area (Å²) in [5, 5.41) is 6.22. The van der Waals surface area contributed by atoms with Gasteiger partial charge in [0.2, 0.25) is 0 Å². The molecule has 0 aromatic heterocycles. The predicted molar refractivity (Wildman–Crippen MR) is 143 cm³/mol. The van der Waals surface area contributed by atoms with Gasteiger partial charge in [-0.2, -0.15) is 0 Å². The van der Waals surface area contributed by atoms with Crippen molar-refractivity contribution in [1.29, 1.82) is 0 Å². The van der Waals surface area contributed by atoms with Gasteiger partial charge in [-0.25, -0.2) is 4.99 Å². The van der Waals surface area contributed by atoms with Gasteiger partial charge >= 0.3 is 0 Å². The van der Waals surface area contributed by atoms with E-state index in [-0.39, 0.29) is 18.4 Å². The van der Waals surface area contributed by atoms with Gasteiger partial charge in [-0.15, -0.1) is 0 Å². The molecule has 2 amide bonds. The summed E-state index contributed by atoms with van der Waals surface area (Å²) < 4.78 is 5.61. The van der Waals surface area contributed by atoms with Crippen LogP contribution in [0, 0.1) is 27.7 Å². The number of nitrogens with one attached hydrogen (secondary N) is 2. The first kappa shape index (κ1) is 24.3. The lowest BCUT2D eigenvalue weighted by Crippen LogP contribution is -2.20. The summed E-state index contributed by atoms with van der Waals surface area (Å²) in [5.74, 6) is 0.166. The molecular formula is C28H27N3O3S. The zero-order valence-electron chi connectivity index (χ0n) is 20.1. The molecule has 1 saturated heterocycles. The van der Waals surface area contributed by atoms with Crippen LogP contribution in [0.3, 0.4) is 0 Å². The van der Waals surface area contributed by atoms with Crippen LogP contribution >= 0.6 is 11.8 Å². The molecule has 7 heteroatoms. The zero-order valence-corrected chi connectivity index (χ0v) is 21.0. The van der Waals surface area contributed by atoms with Crippen molar-refractivity contribution in [3.63, 3.8) is 0 Å². The number of thioether (sulfide) groups is 1. The van der Waals surface area contributed by atoms with E-state index < -0.39 is 0 Å². The van der Waals surface area contributed by atoms with Gasteiger partial charge in [0, 0.05) is 5.69 Å². The first-order valence-electron chi connectivity index (χ1n) is 11.2. The summed E-state index contributed by atoms with van der Waals surface area (Å²) in [7, 11) is 0. The van der Waals surface area contributed by atoms with Gasteiger partial charge in [-0.05, 0) is 98.1 Å². The quantitative estimate of drug-likeness (QED) is 0.431. The summed E-state index contributed by atoms with van der Waals surface area (Å²) >= 11 is 1.31. The van der Waals surface area contributed by atoms with Crippen LogP contribution in [-0.2, 0) is 9.59 Å². The maximum absolute atomic E-state index is 12.4. The Morgan fingerprint density at radius 3 is 2.46 bits per heavy atom. The Labute approximate surface area is 209 Å². The Bertz CT molecular complexity index is 1340. The van der Waals surface area contributed by atoms with E-state index >= 15 is 0 Å². The molecule has 1 heterocycles. The number of hydrogen-bond donors (Lipinski definition) is 2. The highest BCUT2D eigenvalue weighted by Crippen LogP contribution is 2.29. The van der Waals surface area contributed by atoms with E-state index in [1.165, 1.54) is 22.9 Å². The monoisotopic (exact) mass is 485 g/mol. The van der Waals surface area contributed by atoms with Crippen LogP contribution in [0.5, 0.6) is 5.75 Å². The fraction of sp³-hybridized carbons (Fsp3) is 0.179. The standard InChI is InChI=1S/C28H27N3O3S/c1-17-5-12-24(20(4)13-17)30-28-31-27(33)25(35-28)15-21-7-10-23(11-8-21)34-16-26(32)29-22-9-6-18(2)19(3)14-22/h5-15H,16H2,1-4H3,(H,29,32)(H,30,31,33). The van der Waals surface area contributed by atoms with E-state index in [1.54, 1.807) is 18.2 Å². The van der Waals surface area contributed by atoms with Gasteiger partial charge in [0.05, 0.1) is 10.6 Å². The van der Waals surface area contributed by atoms with Crippen LogP contribution in [0.1, 0.15) is 27.8 Å². The van der Waals surface area contributed by atoms with Crippen LogP contribution < -0.4 is 15.4 Å². The van der Waals surface area contributed by atoms with Crippen molar-refractivity contribution in [2.24, 2.45) is 4.99 Å². The number of carbonyl (C=O) groups excluding carboxylic acids is 2. The molecule has 1 aliphatic heterocycles. The topological polar surface area (TPSA) is 79.8 Å². The van der Waals surface area contributed by atoms with Gasteiger partial charge in [-0.1, -0.05) is 35.9 Å².